The Balaban J connectivity index is 0.000000298. The number of allylic oxidation sites excluding steroid dienone is 1. The van der Waals surface area contributed by atoms with Crippen molar-refractivity contribution in [2.75, 3.05) is 39.3 Å². The van der Waals surface area contributed by atoms with Gasteiger partial charge in [-0.05, 0) is 0 Å². The Hall–Kier alpha value is -2.02. The lowest BCUT2D eigenvalue weighted by molar-refractivity contribution is -0.117. The van der Waals surface area contributed by atoms with Gasteiger partial charge < -0.3 is 19.8 Å². The van der Waals surface area contributed by atoms with Gasteiger partial charge in [-0.3, -0.25) is 9.59 Å². The smallest absolute Gasteiger partial charge is 0.401 e. The van der Waals surface area contributed by atoms with Crippen molar-refractivity contribution in [2.24, 2.45) is 0 Å². The van der Waals surface area contributed by atoms with Gasteiger partial charge in [0.2, 0.25) is 11.6 Å². The molecular weight excluding hydrogens is 298 g/mol. The average Bonchev–Trinajstić information content (AvgIpc) is 3.26. The molecular formula is C13H14ClN3O4. The van der Waals surface area contributed by atoms with Crippen molar-refractivity contribution in [2.45, 2.75) is 0 Å². The van der Waals surface area contributed by atoms with E-state index in [1.54, 1.807) is 0 Å². The van der Waals surface area contributed by atoms with Gasteiger partial charge in [0.05, 0.1) is 5.70 Å². The lowest BCUT2D eigenvalue weighted by atomic mass is 10.0. The molecule has 0 aromatic rings. The van der Waals surface area contributed by atoms with Crippen LogP contribution >= 0.6 is 11.6 Å². The monoisotopic (exact) mass is 311 g/mol. The van der Waals surface area contributed by atoms with Crippen LogP contribution in [0.5, 0.6) is 0 Å². The zero-order valence-corrected chi connectivity index (χ0v) is 12.0. The van der Waals surface area contributed by atoms with E-state index in [0.717, 1.165) is 39.3 Å². The molecule has 0 radical (unpaired) electrons. The van der Waals surface area contributed by atoms with Crippen LogP contribution in [0.4, 0.5) is 4.79 Å². The van der Waals surface area contributed by atoms with Crippen molar-refractivity contribution in [3.8, 4) is 0 Å². The normalized spacial score (nSPS) is 22.7. The van der Waals surface area contributed by atoms with E-state index in [2.05, 4.69) is 11.6 Å². The first kappa shape index (κ1) is 13.9. The number of hydrogen-bond donors (Lipinski definition) is 1. The van der Waals surface area contributed by atoms with Crippen molar-refractivity contribution in [1.29, 1.82) is 0 Å². The van der Waals surface area contributed by atoms with Crippen LogP contribution in [0, 0.1) is 0 Å². The van der Waals surface area contributed by atoms with Crippen molar-refractivity contribution >= 4 is 28.6 Å². The molecule has 3 fully saturated rings. The number of halogens is 1. The summed E-state index contributed by atoms with van der Waals surface area (Å²) in [6.07, 6.45) is 1.52. The molecule has 1 N–H and O–H groups in total. The molecule has 0 spiro atoms. The van der Waals surface area contributed by atoms with E-state index in [1.807, 2.05) is 14.7 Å². The molecule has 3 heterocycles. The Morgan fingerprint density at radius 1 is 0.952 bits per heavy atom. The second kappa shape index (κ2) is 5.07. The minimum absolute atomic E-state index is 0.00546. The molecule has 0 saturated carbocycles. The summed E-state index contributed by atoms with van der Waals surface area (Å²) in [5.41, 5.74) is 0.525. The number of carbonyl (C=O) groups is 3. The quantitative estimate of drug-likeness (QED) is 0.449. The SMILES string of the molecule is O=C(O)Cl.O=C1C=C(N2CC2)C(=O)C(N2CC2)=C1N1CC1. The Bertz CT molecular complexity index is 582. The third-order valence-electron chi connectivity index (χ3n) is 3.49. The summed E-state index contributed by atoms with van der Waals surface area (Å²) >= 11 is 4.19. The van der Waals surface area contributed by atoms with Gasteiger partial charge in [0, 0.05) is 56.9 Å². The van der Waals surface area contributed by atoms with Gasteiger partial charge in [-0.1, -0.05) is 0 Å². The fourth-order valence-corrected chi connectivity index (χ4v) is 2.28. The molecule has 0 atom stereocenters. The maximum atomic E-state index is 12.4. The van der Waals surface area contributed by atoms with Crippen molar-refractivity contribution in [3.05, 3.63) is 23.2 Å². The number of carbonyl (C=O) groups excluding carboxylic acids is 2. The number of ketones is 2. The van der Waals surface area contributed by atoms with Gasteiger partial charge in [-0.2, -0.15) is 0 Å². The molecule has 112 valence electrons. The molecule has 21 heavy (non-hydrogen) atoms. The molecule has 0 amide bonds. The van der Waals surface area contributed by atoms with E-state index in [1.165, 1.54) is 6.08 Å². The fourth-order valence-electron chi connectivity index (χ4n) is 2.28. The molecule has 7 nitrogen and oxygen atoms in total. The largest absolute Gasteiger partial charge is 0.469 e. The molecule has 3 aliphatic heterocycles. The van der Waals surface area contributed by atoms with Gasteiger partial charge in [-0.15, -0.1) is 0 Å². The Kier molecular flexibility index (Phi) is 3.36. The molecule has 4 rings (SSSR count). The van der Waals surface area contributed by atoms with Crippen LogP contribution in [0.3, 0.4) is 0 Å². The highest BCUT2D eigenvalue weighted by Gasteiger charge is 2.43. The molecule has 0 aromatic heterocycles. The third kappa shape index (κ3) is 3.02. The highest BCUT2D eigenvalue weighted by Crippen LogP contribution is 2.33. The summed E-state index contributed by atoms with van der Waals surface area (Å²) in [4.78, 5) is 39.2. The molecule has 1 aliphatic carbocycles. The van der Waals surface area contributed by atoms with E-state index in [4.69, 9.17) is 9.90 Å². The van der Waals surface area contributed by atoms with Crippen molar-refractivity contribution in [1.82, 2.24) is 14.7 Å². The summed E-state index contributed by atoms with van der Waals surface area (Å²) in [5.74, 6) is 0.0485. The van der Waals surface area contributed by atoms with Crippen LogP contribution in [0.15, 0.2) is 23.2 Å². The van der Waals surface area contributed by atoms with Crippen LogP contribution < -0.4 is 0 Å². The molecule has 8 heteroatoms. The number of nitrogens with zero attached hydrogens (tertiary/aromatic N) is 3. The predicted molar refractivity (Wildman–Crippen MR) is 73.7 cm³/mol. The van der Waals surface area contributed by atoms with E-state index in [9.17, 15) is 9.59 Å². The molecule has 4 aliphatic rings. The first-order valence-corrected chi connectivity index (χ1v) is 7.05. The molecule has 0 bridgehead atoms. The molecule has 0 aromatic carbocycles. The number of carboxylic acid groups (broad SMARTS) is 1. The van der Waals surface area contributed by atoms with E-state index < -0.39 is 5.43 Å². The van der Waals surface area contributed by atoms with E-state index in [0.29, 0.717) is 17.1 Å². The topological polar surface area (TPSA) is 80.5 Å². The van der Waals surface area contributed by atoms with Gasteiger partial charge in [0.15, 0.2) is 0 Å². The standard InChI is InChI=1S/C12H13N3O2.CHClO2/c16-9-7-8(13-1-2-13)12(17)11(15-5-6-15)10(9)14-3-4-14;2-1(3)4/h7H,1-6H2;(H,3,4). The highest BCUT2D eigenvalue weighted by atomic mass is 35.5. The van der Waals surface area contributed by atoms with Crippen LogP contribution in [0.1, 0.15) is 0 Å². The summed E-state index contributed by atoms with van der Waals surface area (Å²) < 4.78 is 0. The summed E-state index contributed by atoms with van der Waals surface area (Å²) in [5, 5.41) is 7.18. The van der Waals surface area contributed by atoms with Crippen LogP contribution in [0.25, 0.3) is 0 Å². The van der Waals surface area contributed by atoms with Gasteiger partial charge in [-0.25, -0.2) is 4.79 Å². The highest BCUT2D eigenvalue weighted by molar-refractivity contribution is 6.60. The average molecular weight is 312 g/mol. The third-order valence-corrected chi connectivity index (χ3v) is 3.49. The fraction of sp³-hybridized carbons (Fsp3) is 0.462. The second-order valence-corrected chi connectivity index (χ2v) is 5.46. The Morgan fingerprint density at radius 3 is 1.81 bits per heavy atom. The van der Waals surface area contributed by atoms with E-state index >= 15 is 0 Å². The van der Waals surface area contributed by atoms with Crippen molar-refractivity contribution < 1.29 is 19.5 Å². The number of hydrogen-bond acceptors (Lipinski definition) is 6. The van der Waals surface area contributed by atoms with Crippen LogP contribution in [-0.2, 0) is 9.59 Å². The van der Waals surface area contributed by atoms with E-state index in [-0.39, 0.29) is 11.6 Å². The first-order valence-electron chi connectivity index (χ1n) is 6.67. The Labute approximate surface area is 126 Å². The zero-order chi connectivity index (χ0) is 15.1. The van der Waals surface area contributed by atoms with Crippen molar-refractivity contribution in [3.63, 3.8) is 0 Å². The first-order chi connectivity index (χ1) is 9.99. The zero-order valence-electron chi connectivity index (χ0n) is 11.2. The number of rotatable bonds is 3. The second-order valence-electron chi connectivity index (χ2n) is 5.13. The molecule has 3 saturated heterocycles. The van der Waals surface area contributed by atoms with Crippen LogP contribution in [0.2, 0.25) is 0 Å². The van der Waals surface area contributed by atoms with Gasteiger partial charge in [0.1, 0.15) is 11.4 Å². The summed E-state index contributed by atoms with van der Waals surface area (Å²) in [7, 11) is 0. The lowest BCUT2D eigenvalue weighted by Crippen LogP contribution is -2.29. The van der Waals surface area contributed by atoms with Gasteiger partial charge in [0.25, 0.3) is 0 Å². The minimum atomic E-state index is -1.36. The molecule has 0 unspecified atom stereocenters. The summed E-state index contributed by atoms with van der Waals surface area (Å²) in [6, 6.07) is 0. The summed E-state index contributed by atoms with van der Waals surface area (Å²) in [6.45, 7) is 5.41. The Morgan fingerprint density at radius 2 is 1.38 bits per heavy atom. The predicted octanol–water partition coefficient (Wildman–Crippen LogP) is 0.0837. The maximum Gasteiger partial charge on any atom is 0.401 e. The lowest BCUT2D eigenvalue weighted by Gasteiger charge is -2.21. The minimum Gasteiger partial charge on any atom is -0.469 e. The van der Waals surface area contributed by atoms with Gasteiger partial charge >= 0.3 is 5.43 Å². The van der Waals surface area contributed by atoms with Crippen LogP contribution in [-0.4, -0.2) is 76.1 Å². The number of Topliss-reactive ketones (excluding diaryl/α,β-unsaturated/α-hetero) is 1. The maximum absolute atomic E-state index is 12.4.